The van der Waals surface area contributed by atoms with Gasteiger partial charge in [0.1, 0.15) is 12.1 Å². The van der Waals surface area contributed by atoms with Crippen LogP contribution in [0.4, 0.5) is 11.5 Å². The molecule has 1 fully saturated rings. The molecule has 1 amide bonds. The predicted octanol–water partition coefficient (Wildman–Crippen LogP) is 4.62. The normalized spacial score (nSPS) is 14.6. The molecule has 29 heavy (non-hydrogen) atoms. The molecular formula is C24H26N4O. The molecule has 0 saturated carbocycles. The standard InChI is InChI=1S/C24H26N4O/c1-17-6-5-8-20(14-17)22-15-23(26-16-25-22)28-12-10-19(11-13-28)24(29)27-21-9-4-3-7-18(21)2/h3-9,14-16,19H,10-13H2,1-2H3,(H,27,29). The number of para-hydroxylation sites is 1. The Kier molecular flexibility index (Phi) is 5.56. The van der Waals surface area contributed by atoms with E-state index in [0.717, 1.165) is 54.3 Å². The minimum absolute atomic E-state index is 0.0314. The molecule has 2 heterocycles. The minimum Gasteiger partial charge on any atom is -0.356 e. The van der Waals surface area contributed by atoms with E-state index >= 15 is 0 Å². The van der Waals surface area contributed by atoms with Crippen molar-refractivity contribution in [3.63, 3.8) is 0 Å². The number of hydrogen-bond donors (Lipinski definition) is 1. The Hall–Kier alpha value is -3.21. The molecule has 2 aromatic carbocycles. The number of carbonyl (C=O) groups is 1. The van der Waals surface area contributed by atoms with E-state index in [0.29, 0.717) is 0 Å². The number of anilines is 2. The molecule has 4 rings (SSSR count). The third-order valence-electron chi connectivity index (χ3n) is 5.56. The lowest BCUT2D eigenvalue weighted by Crippen LogP contribution is -2.38. The lowest BCUT2D eigenvalue weighted by atomic mass is 9.95. The topological polar surface area (TPSA) is 58.1 Å². The summed E-state index contributed by atoms with van der Waals surface area (Å²) in [7, 11) is 0. The van der Waals surface area contributed by atoms with Gasteiger partial charge in [-0.1, -0.05) is 42.0 Å². The predicted molar refractivity (Wildman–Crippen MR) is 117 cm³/mol. The zero-order chi connectivity index (χ0) is 20.2. The molecule has 1 N–H and O–H groups in total. The summed E-state index contributed by atoms with van der Waals surface area (Å²) in [6, 6.07) is 18.3. The van der Waals surface area contributed by atoms with E-state index in [4.69, 9.17) is 0 Å². The van der Waals surface area contributed by atoms with Crippen LogP contribution >= 0.6 is 0 Å². The van der Waals surface area contributed by atoms with Crippen molar-refractivity contribution in [1.29, 1.82) is 0 Å². The van der Waals surface area contributed by atoms with E-state index in [1.165, 1.54) is 5.56 Å². The second-order valence-electron chi connectivity index (χ2n) is 7.70. The maximum absolute atomic E-state index is 12.7. The molecular weight excluding hydrogens is 360 g/mol. The van der Waals surface area contributed by atoms with Gasteiger partial charge in [-0.25, -0.2) is 9.97 Å². The molecule has 5 nitrogen and oxygen atoms in total. The summed E-state index contributed by atoms with van der Waals surface area (Å²) in [5.74, 6) is 1.07. The van der Waals surface area contributed by atoms with E-state index in [2.05, 4.69) is 45.3 Å². The Labute approximate surface area is 171 Å². The highest BCUT2D eigenvalue weighted by atomic mass is 16.1. The molecule has 5 heteroatoms. The highest BCUT2D eigenvalue weighted by Crippen LogP contribution is 2.26. The number of aromatic nitrogens is 2. The van der Waals surface area contributed by atoms with Crippen LogP contribution in [-0.2, 0) is 4.79 Å². The summed E-state index contributed by atoms with van der Waals surface area (Å²) < 4.78 is 0. The second-order valence-corrected chi connectivity index (χ2v) is 7.70. The van der Waals surface area contributed by atoms with Gasteiger partial charge in [0.25, 0.3) is 0 Å². The molecule has 0 atom stereocenters. The SMILES string of the molecule is Cc1cccc(-c2cc(N3CCC(C(=O)Nc4ccccc4C)CC3)ncn2)c1. The van der Waals surface area contributed by atoms with Crippen molar-refractivity contribution in [2.24, 2.45) is 5.92 Å². The van der Waals surface area contributed by atoms with Crippen LogP contribution in [0.3, 0.4) is 0 Å². The number of nitrogens with zero attached hydrogens (tertiary/aromatic N) is 3. The van der Waals surface area contributed by atoms with Gasteiger partial charge in [0.15, 0.2) is 0 Å². The van der Waals surface area contributed by atoms with Gasteiger partial charge in [0, 0.05) is 36.3 Å². The highest BCUT2D eigenvalue weighted by molar-refractivity contribution is 5.93. The lowest BCUT2D eigenvalue weighted by Gasteiger charge is -2.32. The van der Waals surface area contributed by atoms with Crippen LogP contribution in [0, 0.1) is 19.8 Å². The number of rotatable bonds is 4. The number of amides is 1. The summed E-state index contributed by atoms with van der Waals surface area (Å²) in [6.07, 6.45) is 3.27. The number of piperidine rings is 1. The maximum Gasteiger partial charge on any atom is 0.227 e. The van der Waals surface area contributed by atoms with Gasteiger partial charge in [-0.05, 0) is 44.4 Å². The Morgan fingerprint density at radius 3 is 2.55 bits per heavy atom. The second kappa shape index (κ2) is 8.43. The number of carbonyl (C=O) groups excluding carboxylic acids is 1. The molecule has 0 spiro atoms. The van der Waals surface area contributed by atoms with Crippen LogP contribution in [0.1, 0.15) is 24.0 Å². The zero-order valence-corrected chi connectivity index (χ0v) is 16.9. The lowest BCUT2D eigenvalue weighted by molar-refractivity contribution is -0.120. The summed E-state index contributed by atoms with van der Waals surface area (Å²) >= 11 is 0. The fourth-order valence-electron chi connectivity index (χ4n) is 3.80. The fraction of sp³-hybridized carbons (Fsp3) is 0.292. The highest BCUT2D eigenvalue weighted by Gasteiger charge is 2.26. The molecule has 0 radical (unpaired) electrons. The van der Waals surface area contributed by atoms with Crippen molar-refractivity contribution in [2.45, 2.75) is 26.7 Å². The van der Waals surface area contributed by atoms with Crippen LogP contribution in [-0.4, -0.2) is 29.0 Å². The molecule has 148 valence electrons. The first kappa shape index (κ1) is 19.1. The smallest absolute Gasteiger partial charge is 0.227 e. The number of hydrogen-bond acceptors (Lipinski definition) is 4. The molecule has 1 aliphatic rings. The number of nitrogens with one attached hydrogen (secondary N) is 1. The first-order chi connectivity index (χ1) is 14.1. The molecule has 1 aromatic heterocycles. The molecule has 1 saturated heterocycles. The van der Waals surface area contributed by atoms with E-state index in [1.807, 2.05) is 43.3 Å². The Bertz CT molecular complexity index is 1010. The number of benzene rings is 2. The molecule has 3 aromatic rings. The van der Waals surface area contributed by atoms with Crippen LogP contribution in [0.5, 0.6) is 0 Å². The minimum atomic E-state index is 0.0314. The third-order valence-corrected chi connectivity index (χ3v) is 5.56. The van der Waals surface area contributed by atoms with E-state index in [1.54, 1.807) is 6.33 Å². The zero-order valence-electron chi connectivity index (χ0n) is 16.9. The summed E-state index contributed by atoms with van der Waals surface area (Å²) in [4.78, 5) is 23.8. The Morgan fingerprint density at radius 1 is 1.00 bits per heavy atom. The van der Waals surface area contributed by atoms with Crippen molar-refractivity contribution in [3.8, 4) is 11.3 Å². The van der Waals surface area contributed by atoms with Crippen molar-refractivity contribution in [3.05, 3.63) is 72.1 Å². The summed E-state index contributed by atoms with van der Waals surface area (Å²) in [5, 5.41) is 3.09. The van der Waals surface area contributed by atoms with E-state index in [9.17, 15) is 4.79 Å². The van der Waals surface area contributed by atoms with Crippen molar-refractivity contribution < 1.29 is 4.79 Å². The van der Waals surface area contributed by atoms with E-state index < -0.39 is 0 Å². The third kappa shape index (κ3) is 4.45. The van der Waals surface area contributed by atoms with Crippen LogP contribution in [0.2, 0.25) is 0 Å². The molecule has 0 unspecified atom stereocenters. The van der Waals surface area contributed by atoms with Gasteiger partial charge < -0.3 is 10.2 Å². The molecule has 1 aliphatic heterocycles. The molecule has 0 bridgehead atoms. The average molecular weight is 386 g/mol. The fourth-order valence-corrected chi connectivity index (χ4v) is 3.80. The van der Waals surface area contributed by atoms with Gasteiger partial charge in [-0.3, -0.25) is 4.79 Å². The molecule has 0 aliphatic carbocycles. The first-order valence-corrected chi connectivity index (χ1v) is 10.1. The maximum atomic E-state index is 12.7. The van der Waals surface area contributed by atoms with Gasteiger partial charge in [0.05, 0.1) is 5.69 Å². The average Bonchev–Trinajstić information content (AvgIpc) is 2.75. The van der Waals surface area contributed by atoms with Gasteiger partial charge in [-0.2, -0.15) is 0 Å². The number of aryl methyl sites for hydroxylation is 2. The largest absolute Gasteiger partial charge is 0.356 e. The Morgan fingerprint density at radius 2 is 1.79 bits per heavy atom. The van der Waals surface area contributed by atoms with Crippen molar-refractivity contribution in [1.82, 2.24) is 9.97 Å². The van der Waals surface area contributed by atoms with Crippen molar-refractivity contribution >= 4 is 17.4 Å². The van der Waals surface area contributed by atoms with Crippen LogP contribution in [0.25, 0.3) is 11.3 Å². The van der Waals surface area contributed by atoms with Crippen LogP contribution < -0.4 is 10.2 Å². The van der Waals surface area contributed by atoms with E-state index in [-0.39, 0.29) is 11.8 Å². The monoisotopic (exact) mass is 386 g/mol. The van der Waals surface area contributed by atoms with Crippen molar-refractivity contribution in [2.75, 3.05) is 23.3 Å². The quantitative estimate of drug-likeness (QED) is 0.711. The van der Waals surface area contributed by atoms with Gasteiger partial charge in [-0.15, -0.1) is 0 Å². The van der Waals surface area contributed by atoms with Crippen LogP contribution in [0.15, 0.2) is 60.9 Å². The summed E-state index contributed by atoms with van der Waals surface area (Å²) in [6.45, 7) is 5.73. The Balaban J connectivity index is 1.40. The van der Waals surface area contributed by atoms with Gasteiger partial charge in [0.2, 0.25) is 5.91 Å². The first-order valence-electron chi connectivity index (χ1n) is 10.1. The van der Waals surface area contributed by atoms with Gasteiger partial charge >= 0.3 is 0 Å². The summed E-state index contributed by atoms with van der Waals surface area (Å²) in [5.41, 5.74) is 5.23.